The molecule has 6 nitrogen and oxygen atoms in total. The fourth-order valence-electron chi connectivity index (χ4n) is 2.19. The van der Waals surface area contributed by atoms with Crippen LogP contribution in [0, 0.1) is 0 Å². The summed E-state index contributed by atoms with van der Waals surface area (Å²) in [6, 6.07) is 5.48. The molecule has 1 heterocycles. The molecule has 1 aromatic carbocycles. The van der Waals surface area contributed by atoms with E-state index in [0.717, 1.165) is 22.8 Å². The third-order valence-corrected chi connectivity index (χ3v) is 4.20. The highest BCUT2D eigenvalue weighted by Crippen LogP contribution is 2.30. The number of hydrogen-bond donors (Lipinski definition) is 1. The zero-order valence-corrected chi connectivity index (χ0v) is 14.6. The van der Waals surface area contributed by atoms with Crippen LogP contribution < -0.4 is 14.8 Å². The van der Waals surface area contributed by atoms with Gasteiger partial charge in [0.05, 0.1) is 25.5 Å². The molecule has 0 saturated heterocycles. The van der Waals surface area contributed by atoms with Crippen LogP contribution in [0.3, 0.4) is 0 Å². The topological polar surface area (TPSA) is 73.3 Å². The molecule has 0 fully saturated rings. The number of hydrogen-bond acceptors (Lipinski definition) is 6. The Balaban J connectivity index is 2.14. The molecule has 0 aliphatic carbocycles. The number of methoxy groups -OCH3 is 1. The SMILES string of the molecule is CCOc1ccc([C@H](C)NC(=O)c2snnc2CC)cc1OC. The van der Waals surface area contributed by atoms with Crippen molar-refractivity contribution in [3.8, 4) is 11.5 Å². The molecule has 1 N–H and O–H groups in total. The number of aromatic nitrogens is 2. The minimum absolute atomic E-state index is 0.155. The van der Waals surface area contributed by atoms with Gasteiger partial charge in [-0.05, 0) is 49.5 Å². The second kappa shape index (κ2) is 7.92. The molecular weight excluding hydrogens is 314 g/mol. The number of nitrogens with zero attached hydrogens (tertiary/aromatic N) is 2. The van der Waals surface area contributed by atoms with Crippen LogP contribution in [0.2, 0.25) is 0 Å². The Morgan fingerprint density at radius 1 is 1.35 bits per heavy atom. The number of amides is 1. The number of nitrogens with one attached hydrogen (secondary N) is 1. The Morgan fingerprint density at radius 2 is 2.13 bits per heavy atom. The van der Waals surface area contributed by atoms with Crippen molar-refractivity contribution < 1.29 is 14.3 Å². The zero-order valence-electron chi connectivity index (χ0n) is 13.8. The summed E-state index contributed by atoms with van der Waals surface area (Å²) in [5, 5.41) is 6.94. The molecule has 0 aliphatic heterocycles. The van der Waals surface area contributed by atoms with Gasteiger partial charge in [0.1, 0.15) is 4.88 Å². The first-order valence-electron chi connectivity index (χ1n) is 7.53. The van der Waals surface area contributed by atoms with Gasteiger partial charge in [-0.1, -0.05) is 17.5 Å². The molecule has 2 rings (SSSR count). The van der Waals surface area contributed by atoms with Gasteiger partial charge in [-0.2, -0.15) is 0 Å². The lowest BCUT2D eigenvalue weighted by molar-refractivity contribution is 0.0943. The predicted octanol–water partition coefficient (Wildman–Crippen LogP) is 3.00. The molecule has 0 aliphatic rings. The number of carbonyl (C=O) groups excluding carboxylic acids is 1. The lowest BCUT2D eigenvalue weighted by Gasteiger charge is -2.16. The van der Waals surface area contributed by atoms with Gasteiger partial charge in [-0.3, -0.25) is 4.79 Å². The van der Waals surface area contributed by atoms with Crippen LogP contribution in [0.5, 0.6) is 11.5 Å². The van der Waals surface area contributed by atoms with Gasteiger partial charge >= 0.3 is 0 Å². The van der Waals surface area contributed by atoms with Crippen LogP contribution in [-0.2, 0) is 6.42 Å². The quantitative estimate of drug-likeness (QED) is 0.842. The smallest absolute Gasteiger partial charge is 0.265 e. The van der Waals surface area contributed by atoms with Crippen LogP contribution in [0.4, 0.5) is 0 Å². The van der Waals surface area contributed by atoms with Crippen LogP contribution >= 0.6 is 11.5 Å². The largest absolute Gasteiger partial charge is 0.493 e. The summed E-state index contributed by atoms with van der Waals surface area (Å²) < 4.78 is 14.7. The van der Waals surface area contributed by atoms with Crippen molar-refractivity contribution in [1.82, 2.24) is 14.9 Å². The van der Waals surface area contributed by atoms with E-state index in [1.807, 2.05) is 39.0 Å². The number of aryl methyl sites for hydroxylation is 1. The molecule has 0 bridgehead atoms. The highest BCUT2D eigenvalue weighted by atomic mass is 32.1. The minimum Gasteiger partial charge on any atom is -0.493 e. The maximum absolute atomic E-state index is 12.4. The number of benzene rings is 1. The molecule has 124 valence electrons. The van der Waals surface area contributed by atoms with Crippen molar-refractivity contribution in [3.63, 3.8) is 0 Å². The molecule has 1 aromatic heterocycles. The fourth-order valence-corrected chi connectivity index (χ4v) is 2.84. The highest BCUT2D eigenvalue weighted by Gasteiger charge is 2.18. The summed E-state index contributed by atoms with van der Waals surface area (Å²) in [6.07, 6.45) is 0.685. The van der Waals surface area contributed by atoms with Crippen LogP contribution in [0.25, 0.3) is 0 Å². The Morgan fingerprint density at radius 3 is 2.78 bits per heavy atom. The summed E-state index contributed by atoms with van der Waals surface area (Å²) in [5.41, 5.74) is 1.66. The van der Waals surface area contributed by atoms with Gasteiger partial charge in [0.15, 0.2) is 11.5 Å². The van der Waals surface area contributed by atoms with Crippen molar-refractivity contribution in [3.05, 3.63) is 34.3 Å². The van der Waals surface area contributed by atoms with E-state index >= 15 is 0 Å². The molecule has 0 saturated carbocycles. The summed E-state index contributed by atoms with van der Waals surface area (Å²) in [7, 11) is 1.60. The van der Waals surface area contributed by atoms with Crippen molar-refractivity contribution in [1.29, 1.82) is 0 Å². The first-order valence-corrected chi connectivity index (χ1v) is 8.30. The third kappa shape index (κ3) is 3.98. The van der Waals surface area contributed by atoms with Crippen LogP contribution in [0.1, 0.15) is 47.7 Å². The lowest BCUT2D eigenvalue weighted by atomic mass is 10.1. The summed E-state index contributed by atoms with van der Waals surface area (Å²) in [5.74, 6) is 1.19. The Labute approximate surface area is 140 Å². The van der Waals surface area contributed by atoms with E-state index in [1.165, 1.54) is 0 Å². The standard InChI is InChI=1S/C16H21N3O3S/c1-5-12-15(23-19-18-12)16(20)17-10(3)11-7-8-13(22-6-2)14(9-11)21-4/h7-10H,5-6H2,1-4H3,(H,17,20)/t10-/m0/s1. The minimum atomic E-state index is -0.168. The molecule has 2 aromatic rings. The molecule has 0 radical (unpaired) electrons. The Bertz CT molecular complexity index is 672. The Hall–Kier alpha value is -2.15. The molecule has 7 heteroatoms. The average molecular weight is 335 g/mol. The average Bonchev–Trinajstić information content (AvgIpc) is 3.04. The van der Waals surface area contributed by atoms with E-state index in [9.17, 15) is 4.79 Å². The third-order valence-electron chi connectivity index (χ3n) is 3.43. The Kier molecular flexibility index (Phi) is 5.92. The van der Waals surface area contributed by atoms with Crippen molar-refractivity contribution in [2.75, 3.05) is 13.7 Å². The maximum Gasteiger partial charge on any atom is 0.265 e. The monoisotopic (exact) mass is 335 g/mol. The molecule has 1 amide bonds. The normalized spacial score (nSPS) is 11.8. The van der Waals surface area contributed by atoms with E-state index < -0.39 is 0 Å². The molecule has 0 unspecified atom stereocenters. The van der Waals surface area contributed by atoms with Crippen molar-refractivity contribution in [2.45, 2.75) is 33.2 Å². The summed E-state index contributed by atoms with van der Waals surface area (Å²) in [6.45, 7) is 6.37. The van der Waals surface area contributed by atoms with E-state index in [-0.39, 0.29) is 11.9 Å². The van der Waals surface area contributed by atoms with Gasteiger partial charge < -0.3 is 14.8 Å². The van der Waals surface area contributed by atoms with Gasteiger partial charge in [-0.15, -0.1) is 5.10 Å². The number of carbonyl (C=O) groups is 1. The second-order valence-electron chi connectivity index (χ2n) is 4.94. The lowest BCUT2D eigenvalue weighted by Crippen LogP contribution is -2.26. The predicted molar refractivity (Wildman–Crippen MR) is 89.3 cm³/mol. The van der Waals surface area contributed by atoms with Gasteiger partial charge in [0.2, 0.25) is 0 Å². The van der Waals surface area contributed by atoms with E-state index in [4.69, 9.17) is 9.47 Å². The van der Waals surface area contributed by atoms with E-state index in [1.54, 1.807) is 7.11 Å². The molecule has 0 spiro atoms. The van der Waals surface area contributed by atoms with E-state index in [0.29, 0.717) is 29.4 Å². The van der Waals surface area contributed by atoms with Gasteiger partial charge in [-0.25, -0.2) is 0 Å². The molecule has 23 heavy (non-hydrogen) atoms. The summed E-state index contributed by atoms with van der Waals surface area (Å²) >= 11 is 1.12. The highest BCUT2D eigenvalue weighted by molar-refractivity contribution is 7.08. The van der Waals surface area contributed by atoms with Crippen molar-refractivity contribution >= 4 is 17.4 Å². The first-order chi connectivity index (χ1) is 11.1. The van der Waals surface area contributed by atoms with E-state index in [2.05, 4.69) is 14.9 Å². The van der Waals surface area contributed by atoms with Gasteiger partial charge in [0.25, 0.3) is 5.91 Å². The second-order valence-corrected chi connectivity index (χ2v) is 5.69. The fraction of sp³-hybridized carbons (Fsp3) is 0.438. The maximum atomic E-state index is 12.4. The van der Waals surface area contributed by atoms with Crippen molar-refractivity contribution in [2.24, 2.45) is 0 Å². The number of ether oxygens (including phenoxy) is 2. The zero-order chi connectivity index (χ0) is 16.8. The van der Waals surface area contributed by atoms with Gasteiger partial charge in [0, 0.05) is 0 Å². The number of rotatable bonds is 7. The first kappa shape index (κ1) is 17.2. The molecule has 1 atom stereocenters. The molecular formula is C16H21N3O3S. The van der Waals surface area contributed by atoms with Crippen LogP contribution in [0.15, 0.2) is 18.2 Å². The van der Waals surface area contributed by atoms with Crippen LogP contribution in [-0.4, -0.2) is 29.2 Å². The summed E-state index contributed by atoms with van der Waals surface area (Å²) in [4.78, 5) is 12.9.